The Morgan fingerprint density at radius 3 is 3.21 bits per heavy atom. The van der Waals surface area contributed by atoms with Crippen LogP contribution in [0, 0.1) is 0 Å². The minimum absolute atomic E-state index is 0.973. The molecule has 3 nitrogen and oxygen atoms in total. The molecule has 0 spiro atoms. The lowest BCUT2D eigenvalue weighted by atomic mass is 10.2. The zero-order chi connectivity index (χ0) is 9.80. The molecule has 2 heterocycles. The second-order valence-electron chi connectivity index (χ2n) is 3.06. The van der Waals surface area contributed by atoms with E-state index >= 15 is 0 Å². The van der Waals surface area contributed by atoms with E-state index in [0.29, 0.717) is 0 Å². The van der Waals surface area contributed by atoms with E-state index in [2.05, 4.69) is 32.8 Å². The van der Waals surface area contributed by atoms with E-state index in [4.69, 9.17) is 0 Å². The van der Waals surface area contributed by atoms with Crippen molar-refractivity contribution in [2.75, 3.05) is 13.6 Å². The van der Waals surface area contributed by atoms with Crippen LogP contribution in [0.4, 0.5) is 0 Å². The van der Waals surface area contributed by atoms with Crippen LogP contribution in [0.1, 0.15) is 5.69 Å². The fourth-order valence-electron chi connectivity index (χ4n) is 1.39. The highest BCUT2D eigenvalue weighted by molar-refractivity contribution is 7.13. The van der Waals surface area contributed by atoms with E-state index in [1.165, 1.54) is 10.6 Å². The summed E-state index contributed by atoms with van der Waals surface area (Å²) in [5, 5.41) is 5.21. The Balaban J connectivity index is 2.22. The monoisotopic (exact) mass is 207 g/mol. The van der Waals surface area contributed by atoms with E-state index in [1.54, 1.807) is 17.7 Å². The molecule has 14 heavy (non-hydrogen) atoms. The van der Waals surface area contributed by atoms with Gasteiger partial charge < -0.3 is 10.3 Å². The molecule has 0 aliphatic carbocycles. The van der Waals surface area contributed by atoms with Crippen molar-refractivity contribution in [3.63, 3.8) is 0 Å². The average molecular weight is 207 g/mol. The predicted octanol–water partition coefficient (Wildman–Crippen LogP) is 1.90. The number of H-pyrrole nitrogens is 1. The van der Waals surface area contributed by atoms with Crippen LogP contribution >= 0.6 is 11.3 Å². The number of rotatable bonds is 4. The summed E-state index contributed by atoms with van der Waals surface area (Å²) in [5.41, 5.74) is 2.30. The third kappa shape index (κ3) is 1.86. The fourth-order valence-corrected chi connectivity index (χ4v) is 2.14. The van der Waals surface area contributed by atoms with E-state index < -0.39 is 0 Å². The van der Waals surface area contributed by atoms with Crippen LogP contribution in [0.3, 0.4) is 0 Å². The molecular weight excluding hydrogens is 194 g/mol. The summed E-state index contributed by atoms with van der Waals surface area (Å²) < 4.78 is 0. The van der Waals surface area contributed by atoms with E-state index in [9.17, 15) is 0 Å². The second-order valence-corrected chi connectivity index (χ2v) is 4.01. The highest BCUT2D eigenvalue weighted by atomic mass is 32.1. The molecule has 2 rings (SSSR count). The quantitative estimate of drug-likeness (QED) is 0.804. The minimum atomic E-state index is 0.973. The summed E-state index contributed by atoms with van der Waals surface area (Å²) in [6.07, 6.45) is 2.75. The molecule has 0 atom stereocenters. The zero-order valence-corrected chi connectivity index (χ0v) is 8.90. The molecule has 0 aromatic carbocycles. The Labute approximate surface area is 87.2 Å². The zero-order valence-electron chi connectivity index (χ0n) is 8.08. The van der Waals surface area contributed by atoms with Crippen molar-refractivity contribution in [1.82, 2.24) is 15.3 Å². The number of likely N-dealkylation sites (N-methyl/N-ethyl adjacent to an activating group) is 1. The number of imidazole rings is 1. The molecule has 74 valence electrons. The lowest BCUT2D eigenvalue weighted by molar-refractivity contribution is 0.781. The van der Waals surface area contributed by atoms with Gasteiger partial charge in [0.15, 0.2) is 0 Å². The first-order valence-corrected chi connectivity index (χ1v) is 5.50. The van der Waals surface area contributed by atoms with Gasteiger partial charge in [-0.15, -0.1) is 11.3 Å². The largest absolute Gasteiger partial charge is 0.348 e. The Kier molecular flexibility index (Phi) is 2.96. The van der Waals surface area contributed by atoms with Crippen molar-refractivity contribution < 1.29 is 0 Å². The molecule has 0 fully saturated rings. The van der Waals surface area contributed by atoms with Gasteiger partial charge in [0.05, 0.1) is 11.2 Å². The molecule has 2 N–H and O–H groups in total. The fraction of sp³-hybridized carbons (Fsp3) is 0.300. The first kappa shape index (κ1) is 9.43. The van der Waals surface area contributed by atoms with Crippen LogP contribution in [-0.2, 0) is 6.42 Å². The molecule has 0 aliphatic heterocycles. The number of aromatic amines is 1. The van der Waals surface area contributed by atoms with Crippen molar-refractivity contribution >= 4 is 11.3 Å². The van der Waals surface area contributed by atoms with Gasteiger partial charge in [-0.05, 0) is 18.5 Å². The summed E-state index contributed by atoms with van der Waals surface area (Å²) in [6.45, 7) is 0.973. The normalized spacial score (nSPS) is 10.6. The van der Waals surface area contributed by atoms with E-state index in [-0.39, 0.29) is 0 Å². The summed E-state index contributed by atoms with van der Waals surface area (Å²) in [5.74, 6) is 0. The SMILES string of the molecule is CNCCc1[nH]cnc1-c1cccs1. The lowest BCUT2D eigenvalue weighted by Crippen LogP contribution is -2.10. The van der Waals surface area contributed by atoms with Crippen LogP contribution < -0.4 is 5.32 Å². The van der Waals surface area contributed by atoms with E-state index in [1.807, 2.05) is 7.05 Å². The molecule has 2 aromatic rings. The van der Waals surface area contributed by atoms with Crippen LogP contribution in [-0.4, -0.2) is 23.6 Å². The van der Waals surface area contributed by atoms with Gasteiger partial charge in [0, 0.05) is 18.7 Å². The maximum absolute atomic E-state index is 4.34. The van der Waals surface area contributed by atoms with Gasteiger partial charge in [0.1, 0.15) is 5.69 Å². The molecule has 2 aromatic heterocycles. The van der Waals surface area contributed by atoms with E-state index in [0.717, 1.165) is 18.7 Å². The number of aromatic nitrogens is 2. The van der Waals surface area contributed by atoms with Crippen molar-refractivity contribution in [2.45, 2.75) is 6.42 Å². The maximum atomic E-state index is 4.34. The highest BCUT2D eigenvalue weighted by Crippen LogP contribution is 2.25. The Morgan fingerprint density at radius 1 is 1.57 bits per heavy atom. The third-order valence-electron chi connectivity index (χ3n) is 2.10. The van der Waals surface area contributed by atoms with Crippen LogP contribution in [0.5, 0.6) is 0 Å². The van der Waals surface area contributed by atoms with Crippen molar-refractivity contribution in [1.29, 1.82) is 0 Å². The number of hydrogen-bond donors (Lipinski definition) is 2. The Bertz CT molecular complexity index is 378. The number of hydrogen-bond acceptors (Lipinski definition) is 3. The highest BCUT2D eigenvalue weighted by Gasteiger charge is 2.07. The number of thiophene rings is 1. The minimum Gasteiger partial charge on any atom is -0.348 e. The first-order valence-electron chi connectivity index (χ1n) is 4.62. The topological polar surface area (TPSA) is 40.7 Å². The summed E-state index contributed by atoms with van der Waals surface area (Å²) in [4.78, 5) is 8.76. The molecule has 0 amide bonds. The predicted molar refractivity (Wildman–Crippen MR) is 59.5 cm³/mol. The smallest absolute Gasteiger partial charge is 0.101 e. The molecule has 0 unspecified atom stereocenters. The maximum Gasteiger partial charge on any atom is 0.101 e. The van der Waals surface area contributed by atoms with Crippen molar-refractivity contribution in [3.05, 3.63) is 29.5 Å². The Morgan fingerprint density at radius 2 is 2.50 bits per heavy atom. The van der Waals surface area contributed by atoms with Crippen LogP contribution in [0.25, 0.3) is 10.6 Å². The van der Waals surface area contributed by atoms with Gasteiger partial charge in [-0.25, -0.2) is 4.98 Å². The van der Waals surface area contributed by atoms with Gasteiger partial charge >= 0.3 is 0 Å². The molecule has 0 radical (unpaired) electrons. The summed E-state index contributed by atoms with van der Waals surface area (Å²) in [6, 6.07) is 4.15. The molecule has 0 saturated carbocycles. The van der Waals surface area contributed by atoms with Gasteiger partial charge in [0.2, 0.25) is 0 Å². The molecule has 0 aliphatic rings. The van der Waals surface area contributed by atoms with Gasteiger partial charge in [0.25, 0.3) is 0 Å². The third-order valence-corrected chi connectivity index (χ3v) is 2.97. The van der Waals surface area contributed by atoms with Crippen LogP contribution in [0.15, 0.2) is 23.8 Å². The van der Waals surface area contributed by atoms with Gasteiger partial charge in [-0.1, -0.05) is 6.07 Å². The molecule has 4 heteroatoms. The second kappa shape index (κ2) is 4.39. The Hall–Kier alpha value is -1.13. The van der Waals surface area contributed by atoms with Crippen LogP contribution in [0.2, 0.25) is 0 Å². The lowest BCUT2D eigenvalue weighted by Gasteiger charge is -1.99. The number of nitrogens with one attached hydrogen (secondary N) is 2. The molecule has 0 bridgehead atoms. The first-order chi connectivity index (χ1) is 6.92. The van der Waals surface area contributed by atoms with Crippen molar-refractivity contribution in [2.24, 2.45) is 0 Å². The summed E-state index contributed by atoms with van der Waals surface area (Å²) in [7, 11) is 1.96. The summed E-state index contributed by atoms with van der Waals surface area (Å²) >= 11 is 1.73. The van der Waals surface area contributed by atoms with Gasteiger partial charge in [-0.3, -0.25) is 0 Å². The number of nitrogens with zero attached hydrogens (tertiary/aromatic N) is 1. The van der Waals surface area contributed by atoms with Crippen molar-refractivity contribution in [3.8, 4) is 10.6 Å². The molecular formula is C10H13N3S. The average Bonchev–Trinajstić information content (AvgIpc) is 2.84. The molecule has 0 saturated heterocycles. The standard InChI is InChI=1S/C10H13N3S/c1-11-5-4-8-10(13-7-12-8)9-3-2-6-14-9/h2-3,6-7,11H,4-5H2,1H3,(H,12,13). The van der Waals surface area contributed by atoms with Gasteiger partial charge in [-0.2, -0.15) is 0 Å².